The number of hydrogen-bond acceptors (Lipinski definition) is 3. The van der Waals surface area contributed by atoms with Gasteiger partial charge in [-0.15, -0.1) is 11.3 Å². The highest BCUT2D eigenvalue weighted by Gasteiger charge is 2.29. The Morgan fingerprint density at radius 3 is 2.45 bits per heavy atom. The highest BCUT2D eigenvalue weighted by Crippen LogP contribution is 2.18. The van der Waals surface area contributed by atoms with Gasteiger partial charge in [-0.3, -0.25) is 4.79 Å². The molecule has 0 spiro atoms. The zero-order valence-corrected chi connectivity index (χ0v) is 13.2. The molecule has 1 N–H and O–H groups in total. The molecule has 0 fully saturated rings. The first-order chi connectivity index (χ1) is 9.21. The maximum atomic E-state index is 12.5. The number of thiophene rings is 1. The molecule has 0 atom stereocenters. The van der Waals surface area contributed by atoms with Crippen LogP contribution in [-0.4, -0.2) is 46.0 Å². The van der Waals surface area contributed by atoms with Crippen LogP contribution in [0, 0.1) is 0 Å². The average molecular weight is 298 g/mol. The summed E-state index contributed by atoms with van der Waals surface area (Å²) in [5.41, 5.74) is -0.407. The topological polar surface area (TPSA) is 60.9 Å². The van der Waals surface area contributed by atoms with Crippen LogP contribution in [0.2, 0.25) is 0 Å². The van der Waals surface area contributed by atoms with Crippen LogP contribution in [0.1, 0.15) is 32.1 Å². The highest BCUT2D eigenvalue weighted by molar-refractivity contribution is 7.09. The van der Waals surface area contributed by atoms with Gasteiger partial charge in [0.2, 0.25) is 0 Å². The van der Waals surface area contributed by atoms with E-state index in [0.717, 1.165) is 4.88 Å². The van der Waals surface area contributed by atoms with Crippen molar-refractivity contribution in [3.05, 3.63) is 22.4 Å². The minimum atomic E-state index is -0.895. The number of carbonyl (C=O) groups is 2. The Kier molecular flexibility index (Phi) is 5.56. The molecule has 1 rings (SSSR count). The lowest BCUT2D eigenvalue weighted by Gasteiger charge is -2.38. The van der Waals surface area contributed by atoms with E-state index in [-0.39, 0.29) is 19.0 Å². The zero-order chi connectivity index (χ0) is 15.3. The maximum Gasteiger partial charge on any atom is 0.320 e. The van der Waals surface area contributed by atoms with Gasteiger partial charge < -0.3 is 14.9 Å². The predicted octanol–water partition coefficient (Wildman–Crippen LogP) is 2.88. The molecule has 0 bridgehead atoms. The fraction of sp³-hybridized carbons (Fsp3) is 0.571. The van der Waals surface area contributed by atoms with Gasteiger partial charge in [-0.25, -0.2) is 4.79 Å². The average Bonchev–Trinajstić information content (AvgIpc) is 2.79. The predicted molar refractivity (Wildman–Crippen MR) is 79.9 cm³/mol. The molecule has 0 unspecified atom stereocenters. The summed E-state index contributed by atoms with van der Waals surface area (Å²) in [6.07, 6.45) is -0.0458. The van der Waals surface area contributed by atoms with Crippen molar-refractivity contribution >= 4 is 23.3 Å². The lowest BCUT2D eigenvalue weighted by Crippen LogP contribution is -2.51. The molecular weight excluding hydrogens is 276 g/mol. The van der Waals surface area contributed by atoms with Gasteiger partial charge in [0.1, 0.15) is 0 Å². The number of urea groups is 1. The number of aliphatic carboxylic acids is 1. The van der Waals surface area contributed by atoms with Crippen molar-refractivity contribution in [3.63, 3.8) is 0 Å². The van der Waals surface area contributed by atoms with Gasteiger partial charge >= 0.3 is 12.0 Å². The summed E-state index contributed by atoms with van der Waals surface area (Å²) in [6, 6.07) is 3.78. The normalized spacial score (nSPS) is 11.2. The Labute approximate surface area is 123 Å². The van der Waals surface area contributed by atoms with Crippen molar-refractivity contribution in [1.29, 1.82) is 0 Å². The lowest BCUT2D eigenvalue weighted by molar-refractivity contribution is -0.137. The molecule has 2 amide bonds. The second kappa shape index (κ2) is 6.74. The van der Waals surface area contributed by atoms with Crippen molar-refractivity contribution in [2.75, 3.05) is 13.6 Å². The van der Waals surface area contributed by atoms with Gasteiger partial charge in [-0.05, 0) is 32.2 Å². The number of carbonyl (C=O) groups excluding carboxylic acids is 1. The Bertz CT molecular complexity index is 451. The molecule has 6 heteroatoms. The first kappa shape index (κ1) is 16.5. The molecule has 0 aromatic carbocycles. The van der Waals surface area contributed by atoms with Crippen molar-refractivity contribution in [3.8, 4) is 0 Å². The Hall–Kier alpha value is -1.56. The fourth-order valence-corrected chi connectivity index (χ4v) is 2.59. The minimum absolute atomic E-state index is 0.0458. The molecule has 1 aromatic heterocycles. The summed E-state index contributed by atoms with van der Waals surface area (Å²) >= 11 is 1.60. The maximum absolute atomic E-state index is 12.5. The molecular formula is C14H22N2O3S. The first-order valence-electron chi connectivity index (χ1n) is 6.48. The van der Waals surface area contributed by atoms with Crippen molar-refractivity contribution < 1.29 is 14.7 Å². The van der Waals surface area contributed by atoms with E-state index in [1.807, 2.05) is 38.3 Å². The van der Waals surface area contributed by atoms with Gasteiger partial charge in [-0.1, -0.05) is 6.07 Å². The third-order valence-corrected chi connectivity index (χ3v) is 3.75. The Morgan fingerprint density at radius 1 is 1.35 bits per heavy atom. The van der Waals surface area contributed by atoms with E-state index in [4.69, 9.17) is 5.11 Å². The highest BCUT2D eigenvalue weighted by atomic mass is 32.1. The summed E-state index contributed by atoms with van der Waals surface area (Å²) < 4.78 is 0. The van der Waals surface area contributed by atoms with E-state index in [1.54, 1.807) is 28.2 Å². The Balaban J connectivity index is 2.73. The van der Waals surface area contributed by atoms with Gasteiger partial charge in [0.05, 0.1) is 13.0 Å². The van der Waals surface area contributed by atoms with Crippen molar-refractivity contribution in [2.24, 2.45) is 0 Å². The molecule has 0 saturated carbocycles. The number of hydrogen-bond donors (Lipinski definition) is 1. The molecule has 5 nitrogen and oxygen atoms in total. The quantitative estimate of drug-likeness (QED) is 0.909. The molecule has 0 aliphatic rings. The van der Waals surface area contributed by atoms with Crippen LogP contribution >= 0.6 is 11.3 Å². The molecule has 0 aliphatic carbocycles. The van der Waals surface area contributed by atoms with E-state index in [1.165, 1.54) is 0 Å². The molecule has 1 aromatic rings. The number of carboxylic acid groups (broad SMARTS) is 1. The first-order valence-corrected chi connectivity index (χ1v) is 7.36. The molecule has 112 valence electrons. The van der Waals surface area contributed by atoms with Gasteiger partial charge in [0.25, 0.3) is 0 Å². The monoisotopic (exact) mass is 298 g/mol. The number of rotatable bonds is 5. The third kappa shape index (κ3) is 4.85. The molecule has 0 aliphatic heterocycles. The van der Waals surface area contributed by atoms with E-state index in [9.17, 15) is 9.59 Å². The second-order valence-electron chi connectivity index (χ2n) is 5.68. The number of carboxylic acids is 1. The largest absolute Gasteiger partial charge is 0.481 e. The van der Waals surface area contributed by atoms with Crippen LogP contribution in [0.3, 0.4) is 0 Å². The van der Waals surface area contributed by atoms with Crippen LogP contribution in [0.15, 0.2) is 17.5 Å². The van der Waals surface area contributed by atoms with E-state index >= 15 is 0 Å². The summed E-state index contributed by atoms with van der Waals surface area (Å²) in [5.74, 6) is -0.895. The lowest BCUT2D eigenvalue weighted by atomic mass is 10.1. The third-order valence-electron chi connectivity index (χ3n) is 2.89. The van der Waals surface area contributed by atoms with E-state index < -0.39 is 11.5 Å². The zero-order valence-electron chi connectivity index (χ0n) is 12.4. The summed E-state index contributed by atoms with van der Waals surface area (Å²) in [7, 11) is 1.74. The van der Waals surface area contributed by atoms with Crippen LogP contribution in [0.5, 0.6) is 0 Å². The standard InChI is InChI=1S/C14H22N2O3S/c1-14(2,3)16(8-7-12(17)18)13(19)15(4)10-11-6-5-9-20-11/h5-6,9H,7-8,10H2,1-4H3,(H,17,18). The summed E-state index contributed by atoms with van der Waals surface area (Å²) in [4.78, 5) is 27.6. The molecule has 0 saturated heterocycles. The fourth-order valence-electron chi connectivity index (χ4n) is 1.84. The molecule has 20 heavy (non-hydrogen) atoms. The van der Waals surface area contributed by atoms with E-state index in [0.29, 0.717) is 6.54 Å². The second-order valence-corrected chi connectivity index (χ2v) is 6.72. The van der Waals surface area contributed by atoms with Crippen LogP contribution in [0.4, 0.5) is 4.79 Å². The molecule has 1 heterocycles. The van der Waals surface area contributed by atoms with Gasteiger partial charge in [0, 0.05) is 24.0 Å². The summed E-state index contributed by atoms with van der Waals surface area (Å²) in [6.45, 7) is 6.48. The summed E-state index contributed by atoms with van der Waals surface area (Å²) in [5, 5.41) is 10.8. The van der Waals surface area contributed by atoms with E-state index in [2.05, 4.69) is 0 Å². The van der Waals surface area contributed by atoms with Gasteiger partial charge in [-0.2, -0.15) is 0 Å². The number of amides is 2. The SMILES string of the molecule is CN(Cc1cccs1)C(=O)N(CCC(=O)O)C(C)(C)C. The smallest absolute Gasteiger partial charge is 0.320 e. The van der Waals surface area contributed by atoms with Crippen molar-refractivity contribution in [1.82, 2.24) is 9.80 Å². The Morgan fingerprint density at radius 2 is 2.00 bits per heavy atom. The van der Waals surface area contributed by atoms with Crippen LogP contribution in [0.25, 0.3) is 0 Å². The van der Waals surface area contributed by atoms with Gasteiger partial charge in [0.15, 0.2) is 0 Å². The molecule has 0 radical (unpaired) electrons. The number of nitrogens with zero attached hydrogens (tertiary/aromatic N) is 2. The van der Waals surface area contributed by atoms with Crippen LogP contribution in [-0.2, 0) is 11.3 Å². The van der Waals surface area contributed by atoms with Crippen LogP contribution < -0.4 is 0 Å². The minimum Gasteiger partial charge on any atom is -0.481 e. The van der Waals surface area contributed by atoms with Crippen molar-refractivity contribution in [2.45, 2.75) is 39.3 Å².